The van der Waals surface area contributed by atoms with Gasteiger partial charge in [0.05, 0.1) is 0 Å². The number of hydrogen-bond acceptors (Lipinski definition) is 2. The van der Waals surface area contributed by atoms with Gasteiger partial charge in [-0.25, -0.2) is 0 Å². The SMILES string of the molecule is CN(Cc1ccccc1Cl)C(=O)CCn1ccccc1=O. The normalized spacial score (nSPS) is 10.4. The van der Waals surface area contributed by atoms with E-state index in [-0.39, 0.29) is 17.9 Å². The zero-order valence-electron chi connectivity index (χ0n) is 11.8. The summed E-state index contributed by atoms with van der Waals surface area (Å²) in [7, 11) is 1.74. The average Bonchev–Trinajstić information content (AvgIpc) is 2.48. The molecule has 5 heteroatoms. The molecule has 2 aromatic rings. The summed E-state index contributed by atoms with van der Waals surface area (Å²) in [5, 5.41) is 0.649. The van der Waals surface area contributed by atoms with Crippen LogP contribution in [0.25, 0.3) is 0 Å². The van der Waals surface area contributed by atoms with Gasteiger partial charge in [0.2, 0.25) is 5.91 Å². The zero-order valence-corrected chi connectivity index (χ0v) is 12.6. The van der Waals surface area contributed by atoms with Crippen LogP contribution >= 0.6 is 11.6 Å². The molecule has 0 aliphatic rings. The van der Waals surface area contributed by atoms with Crippen LogP contribution in [0.4, 0.5) is 0 Å². The Hall–Kier alpha value is -2.07. The molecule has 1 aromatic heterocycles. The van der Waals surface area contributed by atoms with Crippen molar-refractivity contribution in [1.29, 1.82) is 0 Å². The van der Waals surface area contributed by atoms with Gasteiger partial charge in [0.25, 0.3) is 5.56 Å². The van der Waals surface area contributed by atoms with Crippen LogP contribution in [0.15, 0.2) is 53.5 Å². The second-order valence-corrected chi connectivity index (χ2v) is 5.23. The van der Waals surface area contributed by atoms with E-state index in [1.165, 1.54) is 10.6 Å². The first-order valence-corrected chi connectivity index (χ1v) is 7.08. The molecule has 1 heterocycles. The average molecular weight is 305 g/mol. The van der Waals surface area contributed by atoms with Gasteiger partial charge < -0.3 is 9.47 Å². The quantitative estimate of drug-likeness (QED) is 0.852. The van der Waals surface area contributed by atoms with Gasteiger partial charge in [-0.1, -0.05) is 35.9 Å². The number of rotatable bonds is 5. The molecule has 0 saturated heterocycles. The van der Waals surface area contributed by atoms with E-state index < -0.39 is 0 Å². The first-order valence-electron chi connectivity index (χ1n) is 6.71. The van der Waals surface area contributed by atoms with E-state index in [0.717, 1.165) is 5.56 Å². The third-order valence-corrected chi connectivity index (χ3v) is 3.63. The van der Waals surface area contributed by atoms with Crippen molar-refractivity contribution in [3.63, 3.8) is 0 Å². The van der Waals surface area contributed by atoms with Gasteiger partial charge in [-0.2, -0.15) is 0 Å². The van der Waals surface area contributed by atoms with E-state index in [0.29, 0.717) is 18.1 Å². The molecule has 1 aromatic carbocycles. The van der Waals surface area contributed by atoms with Gasteiger partial charge in [0.15, 0.2) is 0 Å². The highest BCUT2D eigenvalue weighted by Gasteiger charge is 2.11. The smallest absolute Gasteiger partial charge is 0.250 e. The molecule has 2 rings (SSSR count). The van der Waals surface area contributed by atoms with Crippen LogP contribution in [0.5, 0.6) is 0 Å². The van der Waals surface area contributed by atoms with Crippen molar-refractivity contribution in [3.05, 3.63) is 69.6 Å². The van der Waals surface area contributed by atoms with Gasteiger partial charge in [0.1, 0.15) is 0 Å². The monoisotopic (exact) mass is 304 g/mol. The summed E-state index contributed by atoms with van der Waals surface area (Å²) in [6.07, 6.45) is 1.97. The van der Waals surface area contributed by atoms with Gasteiger partial charge in [-0.05, 0) is 17.7 Å². The molecule has 1 amide bonds. The van der Waals surface area contributed by atoms with Gasteiger partial charge >= 0.3 is 0 Å². The van der Waals surface area contributed by atoms with Crippen molar-refractivity contribution >= 4 is 17.5 Å². The number of carbonyl (C=O) groups excluding carboxylic acids is 1. The lowest BCUT2D eigenvalue weighted by atomic mass is 10.2. The molecule has 110 valence electrons. The molecule has 0 saturated carbocycles. The predicted molar refractivity (Wildman–Crippen MR) is 83.2 cm³/mol. The lowest BCUT2D eigenvalue weighted by molar-refractivity contribution is -0.130. The summed E-state index contributed by atoms with van der Waals surface area (Å²) < 4.78 is 1.53. The summed E-state index contributed by atoms with van der Waals surface area (Å²) in [6.45, 7) is 0.841. The second kappa shape index (κ2) is 7.09. The van der Waals surface area contributed by atoms with Crippen LogP contribution in [-0.2, 0) is 17.9 Å². The first-order chi connectivity index (χ1) is 10.1. The molecular weight excluding hydrogens is 288 g/mol. The van der Waals surface area contributed by atoms with Crippen LogP contribution in [0.2, 0.25) is 5.02 Å². The zero-order chi connectivity index (χ0) is 15.2. The fraction of sp³-hybridized carbons (Fsp3) is 0.250. The van der Waals surface area contributed by atoms with Crippen molar-refractivity contribution < 1.29 is 4.79 Å². The van der Waals surface area contributed by atoms with E-state index >= 15 is 0 Å². The Morgan fingerprint density at radius 3 is 2.62 bits per heavy atom. The van der Waals surface area contributed by atoms with E-state index in [4.69, 9.17) is 11.6 Å². The molecule has 21 heavy (non-hydrogen) atoms. The van der Waals surface area contributed by atoms with Crippen molar-refractivity contribution in [2.45, 2.75) is 19.5 Å². The number of halogens is 1. The number of hydrogen-bond donors (Lipinski definition) is 0. The van der Waals surface area contributed by atoms with Crippen LogP contribution < -0.4 is 5.56 Å². The fourth-order valence-electron chi connectivity index (χ4n) is 2.02. The summed E-state index contributed by atoms with van der Waals surface area (Å²) in [4.78, 5) is 25.3. The highest BCUT2D eigenvalue weighted by atomic mass is 35.5. The predicted octanol–water partition coefficient (Wildman–Crippen LogP) is 2.55. The maximum Gasteiger partial charge on any atom is 0.250 e. The van der Waals surface area contributed by atoms with E-state index in [2.05, 4.69) is 0 Å². The Labute approximate surface area is 128 Å². The van der Waals surface area contributed by atoms with Crippen molar-refractivity contribution in [1.82, 2.24) is 9.47 Å². The molecule has 0 aliphatic heterocycles. The van der Waals surface area contributed by atoms with Crippen molar-refractivity contribution in [2.24, 2.45) is 0 Å². The standard InChI is InChI=1S/C16H17ClN2O2/c1-18(12-13-6-2-3-7-14(13)17)15(20)9-11-19-10-5-4-8-16(19)21/h2-8,10H,9,11-12H2,1H3. The lowest BCUT2D eigenvalue weighted by Crippen LogP contribution is -2.28. The molecule has 0 spiro atoms. The van der Waals surface area contributed by atoms with E-state index in [9.17, 15) is 9.59 Å². The Balaban J connectivity index is 1.93. The molecule has 0 radical (unpaired) electrons. The van der Waals surface area contributed by atoms with Crippen LogP contribution in [0, 0.1) is 0 Å². The largest absolute Gasteiger partial charge is 0.341 e. The number of aromatic nitrogens is 1. The topological polar surface area (TPSA) is 42.3 Å². The molecule has 0 atom stereocenters. The van der Waals surface area contributed by atoms with E-state index in [1.807, 2.05) is 18.2 Å². The third-order valence-electron chi connectivity index (χ3n) is 3.26. The molecule has 0 N–H and O–H groups in total. The molecule has 0 aliphatic carbocycles. The summed E-state index contributed by atoms with van der Waals surface area (Å²) >= 11 is 6.08. The number of carbonyl (C=O) groups is 1. The maximum absolute atomic E-state index is 12.1. The highest BCUT2D eigenvalue weighted by Crippen LogP contribution is 2.16. The van der Waals surface area contributed by atoms with Gasteiger partial charge in [0, 0.05) is 43.8 Å². The molecule has 0 fully saturated rings. The Morgan fingerprint density at radius 2 is 1.90 bits per heavy atom. The van der Waals surface area contributed by atoms with Crippen molar-refractivity contribution in [2.75, 3.05) is 7.05 Å². The Bertz CT molecular complexity index is 682. The summed E-state index contributed by atoms with van der Waals surface area (Å²) in [6, 6.07) is 12.4. The maximum atomic E-state index is 12.1. The number of benzene rings is 1. The van der Waals surface area contributed by atoms with Crippen molar-refractivity contribution in [3.8, 4) is 0 Å². The minimum Gasteiger partial charge on any atom is -0.341 e. The Morgan fingerprint density at radius 1 is 1.19 bits per heavy atom. The summed E-state index contributed by atoms with van der Waals surface area (Å²) in [5.74, 6) is -0.0225. The lowest BCUT2D eigenvalue weighted by Gasteiger charge is -2.18. The number of amides is 1. The van der Waals surface area contributed by atoms with Crippen LogP contribution in [0.3, 0.4) is 0 Å². The molecule has 4 nitrogen and oxygen atoms in total. The Kier molecular flexibility index (Phi) is 5.17. The minimum atomic E-state index is -0.0981. The highest BCUT2D eigenvalue weighted by molar-refractivity contribution is 6.31. The van der Waals surface area contributed by atoms with Crippen LogP contribution in [-0.4, -0.2) is 22.4 Å². The third kappa shape index (κ3) is 4.20. The fourth-order valence-corrected chi connectivity index (χ4v) is 2.22. The van der Waals surface area contributed by atoms with Crippen LogP contribution in [0.1, 0.15) is 12.0 Å². The second-order valence-electron chi connectivity index (χ2n) is 4.82. The number of aryl methyl sites for hydroxylation is 1. The van der Waals surface area contributed by atoms with E-state index in [1.54, 1.807) is 36.3 Å². The molecule has 0 unspecified atom stereocenters. The molecular formula is C16H17ClN2O2. The van der Waals surface area contributed by atoms with Gasteiger partial charge in [-0.15, -0.1) is 0 Å². The number of pyridine rings is 1. The summed E-state index contributed by atoms with van der Waals surface area (Å²) in [5.41, 5.74) is 0.811. The minimum absolute atomic E-state index is 0.0225. The van der Waals surface area contributed by atoms with Gasteiger partial charge in [-0.3, -0.25) is 9.59 Å². The molecule has 0 bridgehead atoms. The number of nitrogens with zero attached hydrogens (tertiary/aromatic N) is 2. The first kappa shape index (κ1) is 15.3.